The van der Waals surface area contributed by atoms with Gasteiger partial charge in [-0.15, -0.1) is 0 Å². The zero-order valence-corrected chi connectivity index (χ0v) is 11.5. The summed E-state index contributed by atoms with van der Waals surface area (Å²) < 4.78 is 5.60. The van der Waals surface area contributed by atoms with E-state index in [9.17, 15) is 4.79 Å². The molecule has 1 aromatic carbocycles. The second-order valence-corrected chi connectivity index (χ2v) is 4.84. The van der Waals surface area contributed by atoms with Crippen LogP contribution >= 0.6 is 11.6 Å². The predicted octanol–water partition coefficient (Wildman–Crippen LogP) is 4.00. The molecule has 3 nitrogen and oxygen atoms in total. The van der Waals surface area contributed by atoms with Crippen LogP contribution in [0.2, 0.25) is 5.02 Å². The Bertz CT molecular complexity index is 596. The van der Waals surface area contributed by atoms with Gasteiger partial charge >= 0.3 is 0 Å². The molecule has 0 aliphatic carbocycles. The van der Waals surface area contributed by atoms with Gasteiger partial charge in [0.1, 0.15) is 5.75 Å². The molecule has 0 saturated heterocycles. The number of hydrogen-bond donors (Lipinski definition) is 0. The summed E-state index contributed by atoms with van der Waals surface area (Å²) in [5, 5.41) is 0.433. The van der Waals surface area contributed by atoms with Crippen molar-refractivity contribution in [2.45, 2.75) is 20.0 Å². The molecular weight excluding hydrogens is 262 g/mol. The third kappa shape index (κ3) is 3.32. The zero-order valence-electron chi connectivity index (χ0n) is 10.8. The highest BCUT2D eigenvalue weighted by Gasteiger charge is 2.05. The monoisotopic (exact) mass is 275 g/mol. The highest BCUT2D eigenvalue weighted by Crippen LogP contribution is 2.27. The molecule has 1 aromatic heterocycles. The minimum absolute atomic E-state index is 0.0954. The second-order valence-electron chi connectivity index (χ2n) is 4.43. The lowest BCUT2D eigenvalue weighted by Gasteiger charge is -2.10. The quantitative estimate of drug-likeness (QED) is 0.792. The van der Waals surface area contributed by atoms with Crippen LogP contribution in [0, 0.1) is 0 Å². The van der Waals surface area contributed by atoms with E-state index in [1.54, 1.807) is 24.5 Å². The second kappa shape index (κ2) is 5.85. The molecule has 0 aliphatic heterocycles. The Labute approximate surface area is 117 Å². The number of hydrogen-bond acceptors (Lipinski definition) is 3. The highest BCUT2D eigenvalue weighted by molar-refractivity contribution is 6.33. The normalized spacial score (nSPS) is 10.5. The van der Waals surface area contributed by atoms with Gasteiger partial charge in [-0.05, 0) is 37.6 Å². The summed E-state index contributed by atoms with van der Waals surface area (Å²) in [6.07, 6.45) is 4.24. The molecule has 0 unspecified atom stereocenters. The van der Waals surface area contributed by atoms with Crippen molar-refractivity contribution >= 4 is 17.9 Å². The molecule has 0 N–H and O–H groups in total. The smallest absolute Gasteiger partial charge is 0.151 e. The molecule has 0 saturated carbocycles. The number of pyridine rings is 1. The van der Waals surface area contributed by atoms with E-state index in [2.05, 4.69) is 4.98 Å². The number of ether oxygens (including phenoxy) is 1. The summed E-state index contributed by atoms with van der Waals surface area (Å²) in [5.41, 5.74) is 2.28. The van der Waals surface area contributed by atoms with Crippen LogP contribution in [0.1, 0.15) is 24.2 Å². The maximum absolute atomic E-state index is 10.7. The molecule has 0 fully saturated rings. The number of carbonyl (C=O) groups excluding carboxylic acids is 1. The maximum atomic E-state index is 10.7. The molecule has 0 spiro atoms. The number of aldehydes is 1. The number of rotatable bonds is 4. The topological polar surface area (TPSA) is 39.2 Å². The van der Waals surface area contributed by atoms with E-state index < -0.39 is 0 Å². The van der Waals surface area contributed by atoms with Crippen molar-refractivity contribution in [2.24, 2.45) is 0 Å². The van der Waals surface area contributed by atoms with Gasteiger partial charge in [0, 0.05) is 17.3 Å². The van der Waals surface area contributed by atoms with E-state index in [-0.39, 0.29) is 6.10 Å². The van der Waals surface area contributed by atoms with Gasteiger partial charge in [-0.25, -0.2) is 0 Å². The van der Waals surface area contributed by atoms with Crippen LogP contribution in [0.5, 0.6) is 5.75 Å². The third-order valence-electron chi connectivity index (χ3n) is 2.55. The van der Waals surface area contributed by atoms with Crippen LogP contribution in [-0.4, -0.2) is 17.4 Å². The predicted molar refractivity (Wildman–Crippen MR) is 75.8 cm³/mol. The zero-order chi connectivity index (χ0) is 13.8. The van der Waals surface area contributed by atoms with E-state index in [1.165, 1.54) is 0 Å². The summed E-state index contributed by atoms with van der Waals surface area (Å²) in [5.74, 6) is 0.711. The van der Waals surface area contributed by atoms with Gasteiger partial charge in [0.25, 0.3) is 0 Å². The van der Waals surface area contributed by atoms with Crippen molar-refractivity contribution in [3.63, 3.8) is 0 Å². The Balaban J connectivity index is 2.36. The molecule has 0 bridgehead atoms. The molecule has 19 heavy (non-hydrogen) atoms. The summed E-state index contributed by atoms with van der Waals surface area (Å²) >= 11 is 6.02. The molecule has 4 heteroatoms. The molecule has 1 heterocycles. The molecule has 98 valence electrons. The van der Waals surface area contributed by atoms with Crippen molar-refractivity contribution < 1.29 is 9.53 Å². The van der Waals surface area contributed by atoms with Gasteiger partial charge in [-0.2, -0.15) is 0 Å². The Hall–Kier alpha value is -1.87. The van der Waals surface area contributed by atoms with Crippen LogP contribution < -0.4 is 4.74 Å². The van der Waals surface area contributed by atoms with Crippen molar-refractivity contribution in [3.8, 4) is 16.9 Å². The number of benzene rings is 1. The first kappa shape index (κ1) is 13.6. The fraction of sp³-hybridized carbons (Fsp3) is 0.200. The van der Waals surface area contributed by atoms with Crippen molar-refractivity contribution in [1.82, 2.24) is 4.98 Å². The Kier molecular flexibility index (Phi) is 4.17. The molecule has 0 atom stereocenters. The fourth-order valence-electron chi connectivity index (χ4n) is 1.72. The minimum Gasteiger partial charge on any atom is -0.489 e. The van der Waals surface area contributed by atoms with Crippen molar-refractivity contribution in [3.05, 3.63) is 47.2 Å². The lowest BCUT2D eigenvalue weighted by Crippen LogP contribution is -2.05. The largest absolute Gasteiger partial charge is 0.489 e. The average Bonchev–Trinajstić information content (AvgIpc) is 2.38. The third-order valence-corrected chi connectivity index (χ3v) is 2.87. The number of halogens is 1. The van der Waals surface area contributed by atoms with Crippen LogP contribution in [-0.2, 0) is 0 Å². The standard InChI is InChI=1S/C15H14ClNO2/c1-10(2)19-14-5-13(7-17-8-14)11-3-4-12(9-18)15(16)6-11/h3-10H,1-2H3. The van der Waals surface area contributed by atoms with Crippen LogP contribution in [0.3, 0.4) is 0 Å². The number of aromatic nitrogens is 1. The summed E-state index contributed by atoms with van der Waals surface area (Å²) in [7, 11) is 0. The Morgan fingerprint density at radius 3 is 2.63 bits per heavy atom. The van der Waals surface area contributed by atoms with Crippen molar-refractivity contribution in [2.75, 3.05) is 0 Å². The van der Waals surface area contributed by atoms with Crippen LogP contribution in [0.25, 0.3) is 11.1 Å². The molecule has 0 radical (unpaired) electrons. The first-order valence-electron chi connectivity index (χ1n) is 5.97. The molecule has 2 rings (SSSR count). The van der Waals surface area contributed by atoms with Crippen LogP contribution in [0.4, 0.5) is 0 Å². The first-order valence-corrected chi connectivity index (χ1v) is 6.34. The maximum Gasteiger partial charge on any atom is 0.151 e. The number of carbonyl (C=O) groups is 1. The molecular formula is C15H14ClNO2. The highest BCUT2D eigenvalue weighted by atomic mass is 35.5. The summed E-state index contributed by atoms with van der Waals surface area (Å²) in [4.78, 5) is 14.9. The summed E-state index contributed by atoms with van der Waals surface area (Å²) in [6, 6.07) is 7.19. The van der Waals surface area contributed by atoms with Gasteiger partial charge < -0.3 is 4.74 Å². The lowest BCUT2D eigenvalue weighted by molar-refractivity contribution is 0.112. The first-order chi connectivity index (χ1) is 9.10. The lowest BCUT2D eigenvalue weighted by atomic mass is 10.1. The average molecular weight is 276 g/mol. The number of nitrogens with zero attached hydrogens (tertiary/aromatic N) is 1. The van der Waals surface area contributed by atoms with Gasteiger partial charge in [-0.1, -0.05) is 17.7 Å². The molecule has 0 aliphatic rings. The molecule has 0 amide bonds. The van der Waals surface area contributed by atoms with Crippen molar-refractivity contribution in [1.29, 1.82) is 0 Å². The van der Waals surface area contributed by atoms with Gasteiger partial charge in [0.2, 0.25) is 0 Å². The van der Waals surface area contributed by atoms with E-state index in [1.807, 2.05) is 26.0 Å². The SMILES string of the molecule is CC(C)Oc1cncc(-c2ccc(C=O)c(Cl)c2)c1. The van der Waals surface area contributed by atoms with E-state index in [0.29, 0.717) is 16.3 Å². The molecule has 2 aromatic rings. The van der Waals surface area contributed by atoms with E-state index in [0.717, 1.165) is 17.4 Å². The van der Waals surface area contributed by atoms with Crippen LogP contribution in [0.15, 0.2) is 36.7 Å². The summed E-state index contributed by atoms with van der Waals surface area (Å²) in [6.45, 7) is 3.92. The van der Waals surface area contributed by atoms with Gasteiger partial charge in [0.05, 0.1) is 17.3 Å². The Morgan fingerprint density at radius 1 is 1.21 bits per heavy atom. The van der Waals surface area contributed by atoms with Gasteiger partial charge in [-0.3, -0.25) is 9.78 Å². The van der Waals surface area contributed by atoms with E-state index in [4.69, 9.17) is 16.3 Å². The van der Waals surface area contributed by atoms with Gasteiger partial charge in [0.15, 0.2) is 6.29 Å². The fourth-order valence-corrected chi connectivity index (χ4v) is 1.94. The van der Waals surface area contributed by atoms with E-state index >= 15 is 0 Å². The Morgan fingerprint density at radius 2 is 2.00 bits per heavy atom. The minimum atomic E-state index is 0.0954.